The highest BCUT2D eigenvalue weighted by atomic mass is 19.1. The second kappa shape index (κ2) is 9.82. The van der Waals surface area contributed by atoms with Gasteiger partial charge in [0.25, 0.3) is 11.5 Å². The first-order chi connectivity index (χ1) is 16.5. The van der Waals surface area contributed by atoms with Crippen molar-refractivity contribution in [3.8, 4) is 11.5 Å². The average molecular weight is 462 g/mol. The maximum atomic E-state index is 13.3. The molecule has 0 saturated carbocycles. The van der Waals surface area contributed by atoms with E-state index in [0.717, 1.165) is 0 Å². The summed E-state index contributed by atoms with van der Waals surface area (Å²) in [6.07, 6.45) is 1.26. The van der Waals surface area contributed by atoms with Crippen molar-refractivity contribution < 1.29 is 18.7 Å². The molecule has 0 radical (unpaired) electrons. The molecule has 1 aromatic heterocycles. The second-order valence-corrected chi connectivity index (χ2v) is 7.06. The summed E-state index contributed by atoms with van der Waals surface area (Å²) < 4.78 is 25.0. The third-order valence-electron chi connectivity index (χ3n) is 4.78. The number of rotatable bonds is 7. The van der Waals surface area contributed by atoms with Crippen molar-refractivity contribution in [1.82, 2.24) is 9.66 Å². The minimum atomic E-state index is -0.709. The van der Waals surface area contributed by atoms with Crippen LogP contribution >= 0.6 is 0 Å². The van der Waals surface area contributed by atoms with Crippen LogP contribution in [0.2, 0.25) is 0 Å². The van der Waals surface area contributed by atoms with E-state index in [4.69, 9.17) is 9.47 Å². The molecule has 0 aliphatic heterocycles. The first-order valence-electron chi connectivity index (χ1n) is 10.1. The highest BCUT2D eigenvalue weighted by Gasteiger charge is 2.13. The molecule has 34 heavy (non-hydrogen) atoms. The predicted octanol–water partition coefficient (Wildman–Crippen LogP) is 2.74. The standard InChI is InChI=1S/C24H19FN4O5/c1-33-20-11-4-6-15(22(20)34-14-21(30)27-17-8-5-7-16(25)12-17)13-26-29-23(31)18-9-2-3-10-19(18)28-24(29)32/h2-13H,14H2,1H3,(H,27,30)(H,28,32). The van der Waals surface area contributed by atoms with Crippen molar-refractivity contribution >= 4 is 28.7 Å². The Kier molecular flexibility index (Phi) is 6.49. The lowest BCUT2D eigenvalue weighted by atomic mass is 10.2. The van der Waals surface area contributed by atoms with Crippen LogP contribution in [0.25, 0.3) is 10.9 Å². The monoisotopic (exact) mass is 462 g/mol. The largest absolute Gasteiger partial charge is 0.493 e. The number of methoxy groups -OCH3 is 1. The predicted molar refractivity (Wildman–Crippen MR) is 125 cm³/mol. The Bertz CT molecular complexity index is 1510. The van der Waals surface area contributed by atoms with E-state index >= 15 is 0 Å². The number of benzene rings is 3. The number of hydrogen-bond donors (Lipinski definition) is 2. The molecule has 0 saturated heterocycles. The zero-order valence-electron chi connectivity index (χ0n) is 17.9. The maximum Gasteiger partial charge on any atom is 0.349 e. The zero-order valence-corrected chi connectivity index (χ0v) is 17.9. The van der Waals surface area contributed by atoms with E-state index in [1.807, 2.05) is 0 Å². The van der Waals surface area contributed by atoms with Gasteiger partial charge in [-0.05, 0) is 42.5 Å². The summed E-state index contributed by atoms with van der Waals surface area (Å²) in [6, 6.07) is 16.9. The first kappa shape index (κ1) is 22.5. The van der Waals surface area contributed by atoms with Crippen LogP contribution in [0.15, 0.2) is 81.4 Å². The number of ether oxygens (including phenoxy) is 2. The van der Waals surface area contributed by atoms with E-state index in [-0.39, 0.29) is 11.4 Å². The van der Waals surface area contributed by atoms with Crippen molar-refractivity contribution in [3.05, 3.63) is 98.9 Å². The van der Waals surface area contributed by atoms with Gasteiger partial charge in [-0.25, -0.2) is 9.18 Å². The van der Waals surface area contributed by atoms with Crippen molar-refractivity contribution in [2.24, 2.45) is 5.10 Å². The van der Waals surface area contributed by atoms with Gasteiger partial charge in [-0.1, -0.05) is 24.3 Å². The molecule has 2 N–H and O–H groups in total. The number of para-hydroxylation sites is 2. The van der Waals surface area contributed by atoms with Crippen LogP contribution in [0, 0.1) is 5.82 Å². The number of halogens is 1. The van der Waals surface area contributed by atoms with Crippen molar-refractivity contribution in [2.45, 2.75) is 0 Å². The quantitative estimate of drug-likeness (QED) is 0.410. The van der Waals surface area contributed by atoms with Gasteiger partial charge < -0.3 is 19.8 Å². The molecule has 4 rings (SSSR count). The number of H-pyrrole nitrogens is 1. The number of anilines is 1. The van der Waals surface area contributed by atoms with Crippen LogP contribution in [0.1, 0.15) is 5.56 Å². The number of nitrogens with one attached hydrogen (secondary N) is 2. The Hall–Kier alpha value is -4.73. The minimum absolute atomic E-state index is 0.174. The molecule has 4 aromatic rings. The molecule has 0 spiro atoms. The number of aromatic amines is 1. The lowest BCUT2D eigenvalue weighted by Gasteiger charge is -2.13. The first-order valence-corrected chi connectivity index (χ1v) is 10.1. The lowest BCUT2D eigenvalue weighted by molar-refractivity contribution is -0.118. The van der Waals surface area contributed by atoms with Crippen molar-refractivity contribution in [1.29, 1.82) is 0 Å². The molecule has 9 nitrogen and oxygen atoms in total. The van der Waals surface area contributed by atoms with Crippen LogP contribution < -0.4 is 26.0 Å². The molecule has 3 aromatic carbocycles. The number of aromatic nitrogens is 2. The van der Waals surface area contributed by atoms with Gasteiger partial charge in [0.1, 0.15) is 5.82 Å². The van der Waals surface area contributed by atoms with Crippen LogP contribution in [-0.2, 0) is 4.79 Å². The van der Waals surface area contributed by atoms with Gasteiger partial charge in [0.2, 0.25) is 0 Å². The highest BCUT2D eigenvalue weighted by molar-refractivity contribution is 5.92. The summed E-state index contributed by atoms with van der Waals surface area (Å²) in [5, 5.41) is 6.86. The number of carbonyl (C=O) groups is 1. The van der Waals surface area contributed by atoms with Crippen LogP contribution in [0.3, 0.4) is 0 Å². The molecule has 0 atom stereocenters. The fourth-order valence-corrected chi connectivity index (χ4v) is 3.23. The van der Waals surface area contributed by atoms with Gasteiger partial charge in [0, 0.05) is 11.3 Å². The summed E-state index contributed by atoms with van der Waals surface area (Å²) in [5.41, 5.74) is -0.253. The van der Waals surface area contributed by atoms with Crippen LogP contribution in [0.4, 0.5) is 10.1 Å². The molecular formula is C24H19FN4O5. The SMILES string of the molecule is COc1cccc(C=Nn2c(=O)[nH]c3ccccc3c2=O)c1OCC(=O)Nc1cccc(F)c1. The Balaban J connectivity index is 1.60. The summed E-state index contributed by atoms with van der Waals surface area (Å²) in [7, 11) is 1.43. The van der Waals surface area contributed by atoms with E-state index < -0.39 is 29.6 Å². The van der Waals surface area contributed by atoms with Gasteiger partial charge in [0.05, 0.1) is 24.2 Å². The minimum Gasteiger partial charge on any atom is -0.493 e. The molecule has 10 heteroatoms. The van der Waals surface area contributed by atoms with E-state index in [0.29, 0.717) is 26.9 Å². The fourth-order valence-electron chi connectivity index (χ4n) is 3.23. The van der Waals surface area contributed by atoms with Gasteiger partial charge in [0.15, 0.2) is 18.1 Å². The number of hydrogen-bond acceptors (Lipinski definition) is 6. The number of amides is 1. The van der Waals surface area contributed by atoms with Crippen LogP contribution in [-0.4, -0.2) is 35.5 Å². The van der Waals surface area contributed by atoms with Gasteiger partial charge in [-0.3, -0.25) is 9.59 Å². The van der Waals surface area contributed by atoms with Gasteiger partial charge in [-0.15, -0.1) is 4.68 Å². The molecular weight excluding hydrogens is 443 g/mol. The molecule has 172 valence electrons. The Morgan fingerprint density at radius 2 is 1.91 bits per heavy atom. The molecule has 0 unspecified atom stereocenters. The lowest BCUT2D eigenvalue weighted by Crippen LogP contribution is -2.32. The number of nitrogens with zero attached hydrogens (tertiary/aromatic N) is 2. The average Bonchev–Trinajstić information content (AvgIpc) is 2.82. The molecule has 1 heterocycles. The van der Waals surface area contributed by atoms with E-state index in [1.165, 1.54) is 31.5 Å². The summed E-state index contributed by atoms with van der Waals surface area (Å²) in [5.74, 6) is -0.530. The van der Waals surface area contributed by atoms with Crippen LogP contribution in [0.5, 0.6) is 11.5 Å². The van der Waals surface area contributed by atoms with Gasteiger partial charge in [-0.2, -0.15) is 5.10 Å². The zero-order chi connectivity index (χ0) is 24.1. The second-order valence-electron chi connectivity index (χ2n) is 7.06. The van der Waals surface area contributed by atoms with E-state index in [9.17, 15) is 18.8 Å². The molecule has 1 amide bonds. The summed E-state index contributed by atoms with van der Waals surface area (Å²) >= 11 is 0. The fraction of sp³-hybridized carbons (Fsp3) is 0.0833. The Morgan fingerprint density at radius 1 is 1.12 bits per heavy atom. The Morgan fingerprint density at radius 3 is 2.71 bits per heavy atom. The third-order valence-corrected chi connectivity index (χ3v) is 4.78. The van der Waals surface area contributed by atoms with Crippen molar-refractivity contribution in [2.75, 3.05) is 19.0 Å². The smallest absolute Gasteiger partial charge is 0.349 e. The topological polar surface area (TPSA) is 115 Å². The summed E-state index contributed by atoms with van der Waals surface area (Å²) in [6.45, 7) is -0.408. The van der Waals surface area contributed by atoms with Crippen molar-refractivity contribution in [3.63, 3.8) is 0 Å². The normalized spacial score (nSPS) is 11.0. The Labute approximate surface area is 192 Å². The molecule has 0 fully saturated rings. The number of fused-ring (bicyclic) bond motifs is 1. The molecule has 0 aliphatic rings. The van der Waals surface area contributed by atoms with E-state index in [1.54, 1.807) is 48.5 Å². The third kappa shape index (κ3) is 4.85. The number of carbonyl (C=O) groups excluding carboxylic acids is 1. The van der Waals surface area contributed by atoms with E-state index in [2.05, 4.69) is 15.4 Å². The van der Waals surface area contributed by atoms with Gasteiger partial charge >= 0.3 is 5.69 Å². The highest BCUT2D eigenvalue weighted by Crippen LogP contribution is 2.30. The molecule has 0 aliphatic carbocycles. The maximum absolute atomic E-state index is 13.3. The molecule has 0 bridgehead atoms. The summed E-state index contributed by atoms with van der Waals surface area (Å²) in [4.78, 5) is 39.9.